The Morgan fingerprint density at radius 2 is 2.21 bits per heavy atom. The number of carbonyl (C=O) groups excluding carboxylic acids is 1. The highest BCUT2D eigenvalue weighted by Crippen LogP contribution is 2.42. The van der Waals surface area contributed by atoms with Gasteiger partial charge in [-0.3, -0.25) is 14.4 Å². The number of anilines is 1. The standard InChI is InChI=1S/C19H25N5O5/c1-5-18(2,3)8-13(25)28-9-19(21-4)16(27)14(26)15(29-19)11-6-7-12-17(20)22-10-23-24(11)12/h6-7,10,14-16,26-27H,5,8-9H2,1-3H3,(H2,20,22,23)/t14-,15-,16-,19+/m0/s1. The first-order valence-electron chi connectivity index (χ1n) is 9.30. The van der Waals surface area contributed by atoms with Crippen LogP contribution in [0.4, 0.5) is 5.82 Å². The van der Waals surface area contributed by atoms with Crippen molar-refractivity contribution >= 4 is 17.3 Å². The summed E-state index contributed by atoms with van der Waals surface area (Å²) in [6, 6.07) is 3.27. The van der Waals surface area contributed by atoms with Crippen molar-refractivity contribution in [3.8, 4) is 0 Å². The minimum atomic E-state index is -1.92. The zero-order valence-electron chi connectivity index (χ0n) is 16.6. The molecule has 10 heteroatoms. The van der Waals surface area contributed by atoms with E-state index in [-0.39, 0.29) is 17.7 Å². The molecule has 156 valence electrons. The molecule has 1 aliphatic rings. The monoisotopic (exact) mass is 403 g/mol. The molecular weight excluding hydrogens is 378 g/mol. The first-order chi connectivity index (χ1) is 13.6. The number of hydrogen-bond donors (Lipinski definition) is 3. The fourth-order valence-corrected chi connectivity index (χ4v) is 3.21. The van der Waals surface area contributed by atoms with Gasteiger partial charge in [0, 0.05) is 0 Å². The maximum Gasteiger partial charge on any atom is 0.400 e. The Morgan fingerprint density at radius 1 is 1.48 bits per heavy atom. The number of nitrogen functional groups attached to an aromatic ring is 1. The van der Waals surface area contributed by atoms with E-state index in [9.17, 15) is 15.0 Å². The van der Waals surface area contributed by atoms with Crippen LogP contribution in [0.1, 0.15) is 45.4 Å². The normalized spacial score (nSPS) is 27.1. The molecule has 2 aromatic heterocycles. The van der Waals surface area contributed by atoms with Gasteiger partial charge in [-0.25, -0.2) is 16.1 Å². The average Bonchev–Trinajstić information content (AvgIpc) is 3.22. The largest absolute Gasteiger partial charge is 0.454 e. The van der Waals surface area contributed by atoms with Crippen LogP contribution in [0.5, 0.6) is 0 Å². The number of ether oxygens (including phenoxy) is 2. The van der Waals surface area contributed by atoms with Gasteiger partial charge >= 0.3 is 11.7 Å². The minimum Gasteiger partial charge on any atom is -0.454 e. The van der Waals surface area contributed by atoms with E-state index < -0.39 is 36.6 Å². The van der Waals surface area contributed by atoms with Crippen molar-refractivity contribution in [3.05, 3.63) is 35.6 Å². The Hall–Kier alpha value is -2.74. The van der Waals surface area contributed by atoms with Gasteiger partial charge in [-0.1, -0.05) is 27.2 Å². The Bertz CT molecular complexity index is 952. The summed E-state index contributed by atoms with van der Waals surface area (Å²) in [4.78, 5) is 19.5. The van der Waals surface area contributed by atoms with Crippen LogP contribution in [-0.2, 0) is 14.3 Å². The lowest BCUT2D eigenvalue weighted by Crippen LogP contribution is -2.44. The first-order valence-corrected chi connectivity index (χ1v) is 9.30. The second-order valence-electron chi connectivity index (χ2n) is 7.99. The Kier molecular flexibility index (Phi) is 5.49. The molecule has 0 aliphatic carbocycles. The maximum atomic E-state index is 12.2. The molecular formula is C19H25N5O5. The SMILES string of the molecule is [C-]#[N+][C@]1(COC(=O)CC(C)(C)CC)O[C@@H](c2ccc3c(N)ncnn23)[C@H](O)[C@@H]1O. The molecule has 1 aliphatic heterocycles. The lowest BCUT2D eigenvalue weighted by molar-refractivity contribution is -0.158. The van der Waals surface area contributed by atoms with Crippen molar-refractivity contribution in [3.63, 3.8) is 0 Å². The number of carbonyl (C=O) groups is 1. The summed E-state index contributed by atoms with van der Waals surface area (Å²) in [7, 11) is 0. The lowest BCUT2D eigenvalue weighted by atomic mass is 9.87. The number of aromatic nitrogens is 3. The molecule has 2 aromatic rings. The van der Waals surface area contributed by atoms with Crippen molar-refractivity contribution in [2.45, 2.75) is 57.6 Å². The van der Waals surface area contributed by atoms with Crippen LogP contribution in [0.15, 0.2) is 18.5 Å². The quantitative estimate of drug-likeness (QED) is 0.482. The third kappa shape index (κ3) is 3.76. The lowest BCUT2D eigenvalue weighted by Gasteiger charge is -2.23. The number of fused-ring (bicyclic) bond motifs is 1. The molecule has 0 spiro atoms. The Morgan fingerprint density at radius 3 is 2.86 bits per heavy atom. The fourth-order valence-electron chi connectivity index (χ4n) is 3.21. The van der Waals surface area contributed by atoms with Crippen LogP contribution in [0.3, 0.4) is 0 Å². The van der Waals surface area contributed by atoms with Gasteiger partial charge in [-0.15, -0.1) is 0 Å². The summed E-state index contributed by atoms with van der Waals surface area (Å²) < 4.78 is 12.4. The average molecular weight is 403 g/mol. The molecule has 4 atom stereocenters. The predicted octanol–water partition coefficient (Wildman–Crippen LogP) is 1.09. The van der Waals surface area contributed by atoms with Crippen LogP contribution in [0, 0.1) is 12.0 Å². The summed E-state index contributed by atoms with van der Waals surface area (Å²) in [5.74, 6) is -0.259. The first kappa shape index (κ1) is 21.0. The van der Waals surface area contributed by atoms with Crippen LogP contribution >= 0.6 is 0 Å². The van der Waals surface area contributed by atoms with E-state index in [1.54, 1.807) is 12.1 Å². The number of aliphatic hydroxyl groups excluding tert-OH is 2. The summed E-state index contributed by atoms with van der Waals surface area (Å²) in [6.07, 6.45) is -1.88. The van der Waals surface area contributed by atoms with Gasteiger partial charge < -0.3 is 20.7 Å². The summed E-state index contributed by atoms with van der Waals surface area (Å²) >= 11 is 0. The van der Waals surface area contributed by atoms with Crippen LogP contribution in [0.2, 0.25) is 0 Å². The van der Waals surface area contributed by atoms with Gasteiger partial charge in [-0.2, -0.15) is 5.10 Å². The van der Waals surface area contributed by atoms with Crippen molar-refractivity contribution in [2.24, 2.45) is 5.41 Å². The third-order valence-corrected chi connectivity index (χ3v) is 5.44. The topological polar surface area (TPSA) is 137 Å². The van der Waals surface area contributed by atoms with E-state index in [0.717, 1.165) is 6.42 Å². The molecule has 3 heterocycles. The molecule has 0 bridgehead atoms. The van der Waals surface area contributed by atoms with Gasteiger partial charge in [0.25, 0.3) is 0 Å². The van der Waals surface area contributed by atoms with Crippen molar-refractivity contribution in [1.29, 1.82) is 0 Å². The molecule has 4 N–H and O–H groups in total. The van der Waals surface area contributed by atoms with E-state index in [0.29, 0.717) is 11.2 Å². The molecule has 10 nitrogen and oxygen atoms in total. The van der Waals surface area contributed by atoms with Gasteiger partial charge in [0.05, 0.1) is 12.1 Å². The number of hydrogen-bond acceptors (Lipinski definition) is 8. The summed E-state index contributed by atoms with van der Waals surface area (Å²) in [5, 5.41) is 25.2. The minimum absolute atomic E-state index is 0.166. The number of nitrogens with zero attached hydrogens (tertiary/aromatic N) is 4. The summed E-state index contributed by atoms with van der Waals surface area (Å²) in [5.41, 5.74) is 4.55. The molecule has 1 saturated heterocycles. The van der Waals surface area contributed by atoms with Crippen LogP contribution in [0.25, 0.3) is 10.4 Å². The van der Waals surface area contributed by atoms with E-state index in [4.69, 9.17) is 21.8 Å². The zero-order chi connectivity index (χ0) is 21.4. The molecule has 29 heavy (non-hydrogen) atoms. The smallest absolute Gasteiger partial charge is 0.400 e. The molecule has 0 aromatic carbocycles. The summed E-state index contributed by atoms with van der Waals surface area (Å²) in [6.45, 7) is 12.9. The van der Waals surface area contributed by atoms with Crippen molar-refractivity contribution in [2.75, 3.05) is 12.3 Å². The van der Waals surface area contributed by atoms with E-state index in [1.165, 1.54) is 10.8 Å². The number of aliphatic hydroxyl groups is 2. The highest BCUT2D eigenvalue weighted by atomic mass is 16.6. The predicted molar refractivity (Wildman–Crippen MR) is 102 cm³/mol. The van der Waals surface area contributed by atoms with Crippen LogP contribution < -0.4 is 5.73 Å². The van der Waals surface area contributed by atoms with E-state index >= 15 is 0 Å². The Balaban J connectivity index is 1.82. The zero-order valence-corrected chi connectivity index (χ0v) is 16.6. The van der Waals surface area contributed by atoms with E-state index in [1.807, 2.05) is 20.8 Å². The fraction of sp³-hybridized carbons (Fsp3) is 0.579. The van der Waals surface area contributed by atoms with Crippen molar-refractivity contribution in [1.82, 2.24) is 14.6 Å². The second kappa shape index (κ2) is 7.59. The molecule has 0 unspecified atom stereocenters. The molecule has 3 rings (SSSR count). The van der Waals surface area contributed by atoms with Gasteiger partial charge in [0.1, 0.15) is 24.1 Å². The van der Waals surface area contributed by atoms with Crippen molar-refractivity contribution < 1.29 is 24.5 Å². The molecule has 0 amide bonds. The highest BCUT2D eigenvalue weighted by molar-refractivity contribution is 5.70. The van der Waals surface area contributed by atoms with Crippen LogP contribution in [-0.4, -0.2) is 55.3 Å². The maximum absolute atomic E-state index is 12.2. The number of rotatable bonds is 6. The molecule has 1 fully saturated rings. The number of nitrogens with two attached hydrogens (primary N) is 1. The number of esters is 1. The highest BCUT2D eigenvalue weighted by Gasteiger charge is 2.62. The van der Waals surface area contributed by atoms with Gasteiger partial charge in [0.15, 0.2) is 18.5 Å². The third-order valence-electron chi connectivity index (χ3n) is 5.44. The van der Waals surface area contributed by atoms with Gasteiger partial charge in [-0.05, 0) is 17.5 Å². The Labute approximate surface area is 168 Å². The van der Waals surface area contributed by atoms with E-state index in [2.05, 4.69) is 14.9 Å². The van der Waals surface area contributed by atoms with Gasteiger partial charge in [0.2, 0.25) is 0 Å². The second-order valence-corrected chi connectivity index (χ2v) is 7.99. The molecule has 0 radical (unpaired) electrons. The molecule has 0 saturated carbocycles.